The van der Waals surface area contributed by atoms with Crippen LogP contribution in [0.4, 0.5) is 5.69 Å². The van der Waals surface area contributed by atoms with Crippen LogP contribution >= 0.6 is 0 Å². The SMILES string of the molecule is CC(=O)Nc1ccc(S(=O)(=O)CC(N)=O)cc1. The summed E-state index contributed by atoms with van der Waals surface area (Å²) in [6.07, 6.45) is 0. The van der Waals surface area contributed by atoms with Crippen LogP contribution in [0.5, 0.6) is 0 Å². The van der Waals surface area contributed by atoms with Crippen molar-refractivity contribution in [2.75, 3.05) is 11.1 Å². The van der Waals surface area contributed by atoms with E-state index < -0.39 is 21.5 Å². The molecule has 7 heteroatoms. The number of anilines is 1. The lowest BCUT2D eigenvalue weighted by Crippen LogP contribution is -2.23. The quantitative estimate of drug-likeness (QED) is 0.784. The molecule has 6 nitrogen and oxygen atoms in total. The largest absolute Gasteiger partial charge is 0.369 e. The molecule has 0 aliphatic heterocycles. The molecule has 0 aromatic heterocycles. The van der Waals surface area contributed by atoms with E-state index in [1.54, 1.807) is 0 Å². The highest BCUT2D eigenvalue weighted by Crippen LogP contribution is 2.15. The van der Waals surface area contributed by atoms with Crippen molar-refractivity contribution < 1.29 is 18.0 Å². The fourth-order valence-electron chi connectivity index (χ4n) is 1.22. The molecule has 2 amide bonds. The second kappa shape index (κ2) is 4.96. The first kappa shape index (κ1) is 13.2. The number of nitrogens with two attached hydrogens (primary N) is 1. The normalized spacial score (nSPS) is 10.9. The summed E-state index contributed by atoms with van der Waals surface area (Å²) in [6.45, 7) is 1.34. The van der Waals surface area contributed by atoms with Crippen molar-refractivity contribution in [3.8, 4) is 0 Å². The van der Waals surface area contributed by atoms with Crippen molar-refractivity contribution in [3.05, 3.63) is 24.3 Å². The smallest absolute Gasteiger partial charge is 0.233 e. The Morgan fingerprint density at radius 3 is 2.18 bits per heavy atom. The predicted octanol–water partition coefficient (Wildman–Crippen LogP) is -0.0960. The number of rotatable bonds is 4. The Hall–Kier alpha value is -1.89. The first-order chi connectivity index (χ1) is 7.81. The summed E-state index contributed by atoms with van der Waals surface area (Å²) in [5, 5.41) is 2.50. The van der Waals surface area contributed by atoms with Crippen LogP contribution in [0.3, 0.4) is 0 Å². The fraction of sp³-hybridized carbons (Fsp3) is 0.200. The Morgan fingerprint density at radius 1 is 1.24 bits per heavy atom. The molecule has 0 atom stereocenters. The maximum Gasteiger partial charge on any atom is 0.233 e. The molecule has 0 saturated heterocycles. The van der Waals surface area contributed by atoms with Gasteiger partial charge in [-0.2, -0.15) is 0 Å². The lowest BCUT2D eigenvalue weighted by atomic mass is 10.3. The van der Waals surface area contributed by atoms with Crippen LogP contribution in [-0.4, -0.2) is 26.0 Å². The molecule has 0 heterocycles. The van der Waals surface area contributed by atoms with Crippen LogP contribution in [0.2, 0.25) is 0 Å². The van der Waals surface area contributed by atoms with Crippen molar-refractivity contribution in [2.24, 2.45) is 5.73 Å². The zero-order valence-corrected chi connectivity index (χ0v) is 9.95. The zero-order valence-electron chi connectivity index (χ0n) is 9.14. The van der Waals surface area contributed by atoms with Crippen molar-refractivity contribution in [1.29, 1.82) is 0 Å². The lowest BCUT2D eigenvalue weighted by molar-refractivity contribution is -0.116. The number of amides is 2. The van der Waals surface area contributed by atoms with Gasteiger partial charge in [-0.25, -0.2) is 8.42 Å². The van der Waals surface area contributed by atoms with Crippen LogP contribution in [0.1, 0.15) is 6.92 Å². The van der Waals surface area contributed by atoms with Crippen LogP contribution < -0.4 is 11.1 Å². The molecule has 92 valence electrons. The van der Waals surface area contributed by atoms with Gasteiger partial charge in [0.2, 0.25) is 11.8 Å². The molecular formula is C10H12N2O4S. The molecule has 1 aromatic rings. The molecule has 0 unspecified atom stereocenters. The van der Waals surface area contributed by atoms with Gasteiger partial charge in [-0.1, -0.05) is 0 Å². The minimum absolute atomic E-state index is 0.00889. The molecule has 0 fully saturated rings. The summed E-state index contributed by atoms with van der Waals surface area (Å²) >= 11 is 0. The highest BCUT2D eigenvalue weighted by atomic mass is 32.2. The summed E-state index contributed by atoms with van der Waals surface area (Å²) in [5.41, 5.74) is 5.32. The highest BCUT2D eigenvalue weighted by Gasteiger charge is 2.17. The van der Waals surface area contributed by atoms with Crippen molar-refractivity contribution >= 4 is 27.3 Å². The van der Waals surface area contributed by atoms with E-state index in [2.05, 4.69) is 5.32 Å². The number of hydrogen-bond acceptors (Lipinski definition) is 4. The number of hydrogen-bond donors (Lipinski definition) is 2. The second-order valence-electron chi connectivity index (χ2n) is 3.43. The highest BCUT2D eigenvalue weighted by molar-refractivity contribution is 7.92. The van der Waals surface area contributed by atoms with E-state index in [0.29, 0.717) is 5.69 Å². The fourth-order valence-corrected chi connectivity index (χ4v) is 2.31. The third kappa shape index (κ3) is 3.87. The van der Waals surface area contributed by atoms with Crippen LogP contribution in [0.15, 0.2) is 29.2 Å². The van der Waals surface area contributed by atoms with Crippen LogP contribution in [0.25, 0.3) is 0 Å². The Morgan fingerprint density at radius 2 is 1.76 bits per heavy atom. The topological polar surface area (TPSA) is 106 Å². The Balaban J connectivity index is 2.94. The number of benzene rings is 1. The number of carbonyl (C=O) groups excluding carboxylic acids is 2. The van der Waals surface area contributed by atoms with Gasteiger partial charge in [0.15, 0.2) is 9.84 Å². The van der Waals surface area contributed by atoms with E-state index in [-0.39, 0.29) is 10.8 Å². The molecule has 3 N–H and O–H groups in total. The number of carbonyl (C=O) groups is 2. The third-order valence-electron chi connectivity index (χ3n) is 1.87. The van der Waals surface area contributed by atoms with Gasteiger partial charge in [0.25, 0.3) is 0 Å². The van der Waals surface area contributed by atoms with E-state index in [1.807, 2.05) is 0 Å². The van der Waals surface area contributed by atoms with E-state index in [0.717, 1.165) is 0 Å². The van der Waals surface area contributed by atoms with Gasteiger partial charge in [0, 0.05) is 12.6 Å². The summed E-state index contributed by atoms with van der Waals surface area (Å²) in [7, 11) is -3.69. The predicted molar refractivity (Wildman–Crippen MR) is 62.0 cm³/mol. The van der Waals surface area contributed by atoms with Gasteiger partial charge in [0.05, 0.1) is 4.90 Å². The summed E-state index contributed by atoms with van der Waals surface area (Å²) in [4.78, 5) is 21.3. The first-order valence-corrected chi connectivity index (χ1v) is 6.35. The van der Waals surface area contributed by atoms with E-state index in [1.165, 1.54) is 31.2 Å². The van der Waals surface area contributed by atoms with Crippen molar-refractivity contribution in [2.45, 2.75) is 11.8 Å². The number of primary amides is 1. The molecule has 0 spiro atoms. The molecule has 1 aromatic carbocycles. The number of sulfone groups is 1. The lowest BCUT2D eigenvalue weighted by Gasteiger charge is -2.04. The molecule has 0 saturated carbocycles. The maximum absolute atomic E-state index is 11.6. The Bertz CT molecular complexity index is 534. The van der Waals surface area contributed by atoms with E-state index >= 15 is 0 Å². The minimum Gasteiger partial charge on any atom is -0.369 e. The van der Waals surface area contributed by atoms with Gasteiger partial charge in [-0.3, -0.25) is 9.59 Å². The van der Waals surface area contributed by atoms with Gasteiger partial charge < -0.3 is 11.1 Å². The molecule has 0 aliphatic rings. The molecule has 0 aliphatic carbocycles. The molecule has 0 radical (unpaired) electrons. The first-order valence-electron chi connectivity index (χ1n) is 4.70. The standard InChI is InChI=1S/C10H12N2O4S/c1-7(13)12-8-2-4-9(5-3-8)17(15,16)6-10(11)14/h2-5H,6H2,1H3,(H2,11,14)(H,12,13). The minimum atomic E-state index is -3.69. The van der Waals surface area contributed by atoms with Crippen molar-refractivity contribution in [1.82, 2.24) is 0 Å². The molecule has 17 heavy (non-hydrogen) atoms. The average Bonchev–Trinajstić information content (AvgIpc) is 2.15. The zero-order chi connectivity index (χ0) is 13.1. The van der Waals surface area contributed by atoms with Gasteiger partial charge in [0.1, 0.15) is 5.75 Å². The van der Waals surface area contributed by atoms with Crippen LogP contribution in [0, 0.1) is 0 Å². The molecule has 0 bridgehead atoms. The Labute approximate surface area is 98.7 Å². The average molecular weight is 256 g/mol. The van der Waals surface area contributed by atoms with E-state index in [4.69, 9.17) is 5.73 Å². The van der Waals surface area contributed by atoms with Gasteiger partial charge in [-0.05, 0) is 24.3 Å². The number of nitrogens with one attached hydrogen (secondary N) is 1. The second-order valence-corrected chi connectivity index (χ2v) is 5.42. The summed E-state index contributed by atoms with van der Waals surface area (Å²) in [6, 6.07) is 5.50. The Kier molecular flexibility index (Phi) is 3.84. The van der Waals surface area contributed by atoms with Crippen LogP contribution in [-0.2, 0) is 19.4 Å². The van der Waals surface area contributed by atoms with E-state index in [9.17, 15) is 18.0 Å². The molecular weight excluding hydrogens is 244 g/mol. The van der Waals surface area contributed by atoms with Gasteiger partial charge >= 0.3 is 0 Å². The van der Waals surface area contributed by atoms with Crippen molar-refractivity contribution in [3.63, 3.8) is 0 Å². The summed E-state index contributed by atoms with van der Waals surface area (Å²) < 4.78 is 23.2. The monoisotopic (exact) mass is 256 g/mol. The third-order valence-corrected chi connectivity index (χ3v) is 3.52. The summed E-state index contributed by atoms with van der Waals surface area (Å²) in [5.74, 6) is -1.89. The van der Waals surface area contributed by atoms with Gasteiger partial charge in [-0.15, -0.1) is 0 Å². The maximum atomic E-state index is 11.6. The molecule has 1 rings (SSSR count).